The minimum absolute atomic E-state index is 0.104. The Balaban J connectivity index is 2.33. The smallest absolute Gasteiger partial charge is 0.411 e. The Kier molecular flexibility index (Phi) is 4.49. The molecule has 1 saturated carbocycles. The predicted molar refractivity (Wildman–Crippen MR) is 83.8 cm³/mol. The number of halogens is 1. The third kappa shape index (κ3) is 2.96. The van der Waals surface area contributed by atoms with Gasteiger partial charge in [-0.2, -0.15) is 0 Å². The minimum Gasteiger partial charge on any atom is -0.467 e. The number of rotatable bonds is 4. The molecule has 1 saturated heterocycles. The fourth-order valence-electron chi connectivity index (χ4n) is 3.35. The van der Waals surface area contributed by atoms with Crippen molar-refractivity contribution in [2.75, 3.05) is 19.5 Å². The second-order valence-electron chi connectivity index (χ2n) is 7.17. The van der Waals surface area contributed by atoms with E-state index in [0.717, 1.165) is 6.42 Å². The second kappa shape index (κ2) is 5.76. The maximum atomic E-state index is 12.6. The van der Waals surface area contributed by atoms with Crippen LogP contribution in [-0.2, 0) is 14.3 Å². The number of ether oxygens (including phenoxy) is 2. The minimum atomic E-state index is -1.02. The monoisotopic (exact) mass is 329 g/mol. The predicted octanol–water partition coefficient (Wildman–Crippen LogP) is 2.97. The lowest BCUT2D eigenvalue weighted by Gasteiger charge is -2.39. The van der Waals surface area contributed by atoms with Gasteiger partial charge >= 0.3 is 12.1 Å². The Bertz CT molecular complexity index is 499. The van der Waals surface area contributed by atoms with Crippen molar-refractivity contribution in [3.63, 3.8) is 0 Å². The first-order valence-corrected chi connectivity index (χ1v) is 8.01. The summed E-state index contributed by atoms with van der Waals surface area (Å²) in [5, 5.41) is 0. The summed E-state index contributed by atoms with van der Waals surface area (Å²) in [4.78, 5) is 26.6. The van der Waals surface area contributed by atoms with Gasteiger partial charge in [-0.1, -0.05) is 12.2 Å². The molecule has 1 aliphatic carbocycles. The van der Waals surface area contributed by atoms with Crippen molar-refractivity contribution in [3.05, 3.63) is 12.2 Å². The van der Waals surface area contributed by atoms with E-state index in [1.54, 1.807) is 20.8 Å². The lowest BCUT2D eigenvalue weighted by Crippen LogP contribution is -2.57. The molecule has 1 aliphatic heterocycles. The highest BCUT2D eigenvalue weighted by molar-refractivity contribution is 6.19. The molecule has 1 amide bonds. The fourth-order valence-corrected chi connectivity index (χ4v) is 3.45. The molecular formula is C16H24ClNO4. The molecule has 2 fully saturated rings. The molecule has 0 spiro atoms. The van der Waals surface area contributed by atoms with Crippen molar-refractivity contribution in [3.8, 4) is 0 Å². The molecule has 0 N–H and O–H groups in total. The van der Waals surface area contributed by atoms with Crippen molar-refractivity contribution in [1.29, 1.82) is 0 Å². The van der Waals surface area contributed by atoms with E-state index in [4.69, 9.17) is 21.1 Å². The van der Waals surface area contributed by atoms with Gasteiger partial charge in [0.25, 0.3) is 0 Å². The molecule has 3 atom stereocenters. The molecule has 124 valence electrons. The van der Waals surface area contributed by atoms with Gasteiger partial charge in [-0.25, -0.2) is 9.59 Å². The topological polar surface area (TPSA) is 55.8 Å². The van der Waals surface area contributed by atoms with Crippen molar-refractivity contribution < 1.29 is 19.1 Å². The number of methoxy groups -OCH3 is 1. The number of alkyl halides is 1. The van der Waals surface area contributed by atoms with Gasteiger partial charge < -0.3 is 9.47 Å². The van der Waals surface area contributed by atoms with E-state index in [1.165, 1.54) is 12.0 Å². The van der Waals surface area contributed by atoms with Crippen molar-refractivity contribution >= 4 is 23.7 Å². The summed E-state index contributed by atoms with van der Waals surface area (Å²) >= 11 is 5.85. The van der Waals surface area contributed by atoms with Crippen LogP contribution in [0.2, 0.25) is 0 Å². The SMILES string of the molecule is C=C(CCl)C[C@@]1(C(=O)OC)[C@@H]2C[C@@H]2CN1C(=O)OC(C)(C)C. The fraction of sp³-hybridized carbons (Fsp3) is 0.750. The number of hydrogen-bond donors (Lipinski definition) is 0. The number of carbonyl (C=O) groups is 2. The van der Waals surface area contributed by atoms with Gasteiger partial charge in [0.05, 0.1) is 7.11 Å². The van der Waals surface area contributed by atoms with Crippen LogP contribution in [0.5, 0.6) is 0 Å². The normalized spacial score (nSPS) is 29.8. The number of carbonyl (C=O) groups excluding carboxylic acids is 2. The molecule has 5 nitrogen and oxygen atoms in total. The first-order chi connectivity index (χ1) is 10.2. The van der Waals surface area contributed by atoms with Crippen LogP contribution in [0.3, 0.4) is 0 Å². The average molecular weight is 330 g/mol. The van der Waals surface area contributed by atoms with Crippen LogP contribution in [0.4, 0.5) is 4.79 Å². The van der Waals surface area contributed by atoms with Crippen molar-refractivity contribution in [2.24, 2.45) is 11.8 Å². The molecule has 22 heavy (non-hydrogen) atoms. The Labute approximate surface area is 136 Å². The van der Waals surface area contributed by atoms with E-state index in [0.29, 0.717) is 24.5 Å². The molecule has 2 rings (SSSR count). The molecule has 1 heterocycles. The number of amides is 1. The summed E-state index contributed by atoms with van der Waals surface area (Å²) < 4.78 is 10.5. The van der Waals surface area contributed by atoms with Crippen LogP contribution in [0.15, 0.2) is 12.2 Å². The molecular weight excluding hydrogens is 306 g/mol. The number of hydrogen-bond acceptors (Lipinski definition) is 4. The maximum Gasteiger partial charge on any atom is 0.411 e. The average Bonchev–Trinajstić information content (AvgIpc) is 3.13. The molecule has 0 radical (unpaired) electrons. The van der Waals surface area contributed by atoms with E-state index in [9.17, 15) is 9.59 Å². The Hall–Kier alpha value is -1.23. The number of fused-ring (bicyclic) bond motifs is 1. The molecule has 2 aliphatic rings. The second-order valence-corrected chi connectivity index (χ2v) is 7.44. The van der Waals surface area contributed by atoms with Gasteiger partial charge in [-0.15, -0.1) is 11.6 Å². The zero-order chi connectivity index (χ0) is 16.7. The Morgan fingerprint density at radius 2 is 2.05 bits per heavy atom. The number of nitrogens with zero attached hydrogens (tertiary/aromatic N) is 1. The largest absolute Gasteiger partial charge is 0.467 e. The highest BCUT2D eigenvalue weighted by Crippen LogP contribution is 2.58. The lowest BCUT2D eigenvalue weighted by molar-refractivity contribution is -0.154. The van der Waals surface area contributed by atoms with Crippen LogP contribution >= 0.6 is 11.6 Å². The molecule has 0 aromatic rings. The molecule has 6 heteroatoms. The summed E-state index contributed by atoms with van der Waals surface area (Å²) in [6.45, 7) is 9.83. The van der Waals surface area contributed by atoms with E-state index >= 15 is 0 Å². The molecule has 0 bridgehead atoms. The van der Waals surface area contributed by atoms with Gasteiger partial charge in [0.2, 0.25) is 0 Å². The van der Waals surface area contributed by atoms with Gasteiger partial charge in [0.1, 0.15) is 5.60 Å². The summed E-state index contributed by atoms with van der Waals surface area (Å²) in [5.41, 5.74) is -0.920. The highest BCUT2D eigenvalue weighted by atomic mass is 35.5. The molecule has 0 aromatic carbocycles. The Morgan fingerprint density at radius 1 is 1.41 bits per heavy atom. The standard InChI is InChI=1S/C16H24ClNO4/c1-10(8-17)7-16(13(19)21-5)12-6-11(12)9-18(16)14(20)22-15(2,3)4/h11-12H,1,6-9H2,2-5H3/t11-,12-,16+/m1/s1. The van der Waals surface area contributed by atoms with Crippen LogP contribution in [0.25, 0.3) is 0 Å². The summed E-state index contributed by atoms with van der Waals surface area (Å²) in [7, 11) is 1.34. The van der Waals surface area contributed by atoms with E-state index in [2.05, 4.69) is 6.58 Å². The van der Waals surface area contributed by atoms with Crippen LogP contribution in [0.1, 0.15) is 33.6 Å². The van der Waals surface area contributed by atoms with Gasteiger partial charge in [0.15, 0.2) is 5.54 Å². The third-order valence-electron chi connectivity index (χ3n) is 4.30. The molecule has 0 aromatic heterocycles. The first kappa shape index (κ1) is 17.1. The summed E-state index contributed by atoms with van der Waals surface area (Å²) in [6, 6.07) is 0. The van der Waals surface area contributed by atoms with Crippen molar-refractivity contribution in [2.45, 2.75) is 44.8 Å². The first-order valence-electron chi connectivity index (χ1n) is 7.47. The van der Waals surface area contributed by atoms with E-state index < -0.39 is 23.2 Å². The van der Waals surface area contributed by atoms with Gasteiger partial charge in [-0.05, 0) is 39.0 Å². The van der Waals surface area contributed by atoms with E-state index in [1.807, 2.05) is 0 Å². The van der Waals surface area contributed by atoms with Crippen molar-refractivity contribution in [1.82, 2.24) is 4.90 Å². The van der Waals surface area contributed by atoms with Crippen LogP contribution < -0.4 is 0 Å². The Morgan fingerprint density at radius 3 is 2.55 bits per heavy atom. The highest BCUT2D eigenvalue weighted by Gasteiger charge is 2.68. The maximum absolute atomic E-state index is 12.6. The van der Waals surface area contributed by atoms with E-state index in [-0.39, 0.29) is 11.8 Å². The zero-order valence-electron chi connectivity index (χ0n) is 13.6. The molecule has 0 unspecified atom stereocenters. The third-order valence-corrected chi connectivity index (χ3v) is 4.67. The lowest BCUT2D eigenvalue weighted by atomic mass is 9.86. The summed E-state index contributed by atoms with van der Waals surface area (Å²) in [5.74, 6) is 0.273. The zero-order valence-corrected chi connectivity index (χ0v) is 14.4. The summed E-state index contributed by atoms with van der Waals surface area (Å²) in [6.07, 6.45) is 0.764. The van der Waals surface area contributed by atoms with Gasteiger partial charge in [0, 0.05) is 18.8 Å². The number of piperidine rings is 1. The number of likely N-dealkylation sites (tertiary alicyclic amines) is 1. The van der Waals surface area contributed by atoms with Gasteiger partial charge in [-0.3, -0.25) is 4.90 Å². The van der Waals surface area contributed by atoms with Crippen LogP contribution in [0, 0.1) is 11.8 Å². The quantitative estimate of drug-likeness (QED) is 0.452. The van der Waals surface area contributed by atoms with Crippen LogP contribution in [-0.4, -0.2) is 47.6 Å². The number of esters is 1.